The van der Waals surface area contributed by atoms with Gasteiger partial charge in [-0.3, -0.25) is 9.59 Å². The number of nitrogens with one attached hydrogen (secondary N) is 2. The standard InChI is InChI=1S/C21H20ClN3O5S/c22-16-8-10-19(11-9-16)31(28,29)24-14-21(27)25(17-5-2-1-3-6-17)15-20(26)23-13-18-7-4-12-30-18/h1-12,24H,13-15H2,(H,23,26). The molecule has 0 atom stereocenters. The lowest BCUT2D eigenvalue weighted by molar-refractivity contribution is -0.123. The van der Waals surface area contributed by atoms with Crippen molar-refractivity contribution < 1.29 is 22.4 Å². The van der Waals surface area contributed by atoms with Crippen molar-refractivity contribution in [2.75, 3.05) is 18.0 Å². The van der Waals surface area contributed by atoms with E-state index in [1.807, 2.05) is 0 Å². The summed E-state index contributed by atoms with van der Waals surface area (Å²) in [6.45, 7) is -0.636. The normalized spacial score (nSPS) is 11.1. The zero-order valence-electron chi connectivity index (χ0n) is 16.3. The Hall–Kier alpha value is -3.14. The van der Waals surface area contributed by atoms with Crippen molar-refractivity contribution in [2.45, 2.75) is 11.4 Å². The molecule has 3 aromatic rings. The van der Waals surface area contributed by atoms with Gasteiger partial charge in [-0.05, 0) is 48.5 Å². The summed E-state index contributed by atoms with van der Waals surface area (Å²) in [4.78, 5) is 26.4. The molecule has 0 aliphatic carbocycles. The summed E-state index contributed by atoms with van der Waals surface area (Å²) in [5.41, 5.74) is 0.464. The Balaban J connectivity index is 1.67. The third kappa shape index (κ3) is 6.42. The predicted octanol–water partition coefficient (Wildman–Crippen LogP) is 2.56. The van der Waals surface area contributed by atoms with Crippen molar-refractivity contribution in [2.24, 2.45) is 0 Å². The molecule has 8 nitrogen and oxygen atoms in total. The molecule has 10 heteroatoms. The first-order valence-corrected chi connectivity index (χ1v) is 11.1. The van der Waals surface area contributed by atoms with E-state index in [0.717, 1.165) is 0 Å². The average Bonchev–Trinajstić information content (AvgIpc) is 3.29. The highest BCUT2D eigenvalue weighted by Crippen LogP contribution is 2.15. The average molecular weight is 462 g/mol. The molecule has 0 radical (unpaired) electrons. The number of halogens is 1. The van der Waals surface area contributed by atoms with Crippen LogP contribution in [0.15, 0.2) is 82.3 Å². The maximum absolute atomic E-state index is 12.8. The van der Waals surface area contributed by atoms with Crippen molar-refractivity contribution in [1.82, 2.24) is 10.0 Å². The number of hydrogen-bond acceptors (Lipinski definition) is 5. The van der Waals surface area contributed by atoms with Crippen LogP contribution >= 0.6 is 11.6 Å². The fourth-order valence-corrected chi connectivity index (χ4v) is 3.78. The topological polar surface area (TPSA) is 109 Å². The Bertz CT molecular complexity index is 1120. The van der Waals surface area contributed by atoms with Crippen molar-refractivity contribution in [3.63, 3.8) is 0 Å². The molecular formula is C21H20ClN3O5S. The second-order valence-electron chi connectivity index (χ2n) is 6.45. The summed E-state index contributed by atoms with van der Waals surface area (Å²) in [5, 5.41) is 3.06. The number of hydrogen-bond donors (Lipinski definition) is 2. The number of benzene rings is 2. The molecule has 0 saturated heterocycles. The minimum atomic E-state index is -3.93. The maximum atomic E-state index is 12.8. The number of carbonyl (C=O) groups is 2. The molecule has 0 saturated carbocycles. The molecule has 3 rings (SSSR count). The number of amides is 2. The molecule has 0 spiro atoms. The van der Waals surface area contributed by atoms with Gasteiger partial charge in [-0.1, -0.05) is 29.8 Å². The van der Waals surface area contributed by atoms with E-state index in [2.05, 4.69) is 10.0 Å². The molecule has 2 aromatic carbocycles. The molecular weight excluding hydrogens is 442 g/mol. The van der Waals surface area contributed by atoms with E-state index < -0.39 is 28.4 Å². The molecule has 0 bridgehead atoms. The molecule has 0 unspecified atom stereocenters. The van der Waals surface area contributed by atoms with Gasteiger partial charge in [0.25, 0.3) is 0 Å². The first-order valence-electron chi connectivity index (χ1n) is 9.25. The van der Waals surface area contributed by atoms with Gasteiger partial charge >= 0.3 is 0 Å². The van der Waals surface area contributed by atoms with Crippen molar-refractivity contribution >= 4 is 39.1 Å². The van der Waals surface area contributed by atoms with Gasteiger partial charge in [0.1, 0.15) is 12.3 Å². The lowest BCUT2D eigenvalue weighted by Crippen LogP contribution is -2.45. The van der Waals surface area contributed by atoms with Gasteiger partial charge in [0, 0.05) is 10.7 Å². The van der Waals surface area contributed by atoms with Crippen LogP contribution in [-0.2, 0) is 26.2 Å². The van der Waals surface area contributed by atoms with Crippen molar-refractivity contribution in [1.29, 1.82) is 0 Å². The highest BCUT2D eigenvalue weighted by molar-refractivity contribution is 7.89. The number of nitrogens with zero attached hydrogens (tertiary/aromatic N) is 1. The van der Waals surface area contributed by atoms with Gasteiger partial charge < -0.3 is 14.6 Å². The van der Waals surface area contributed by atoms with Crippen LogP contribution in [0.4, 0.5) is 5.69 Å². The van der Waals surface area contributed by atoms with Crippen molar-refractivity contribution in [3.8, 4) is 0 Å². The van der Waals surface area contributed by atoms with Gasteiger partial charge in [0.05, 0.1) is 24.2 Å². The van der Waals surface area contributed by atoms with Crippen LogP contribution < -0.4 is 14.9 Å². The minimum absolute atomic E-state index is 0.0212. The number of furan rings is 1. The minimum Gasteiger partial charge on any atom is -0.467 e. The first kappa shape index (κ1) is 22.5. The Labute approximate surface area is 184 Å². The molecule has 31 heavy (non-hydrogen) atoms. The van der Waals surface area contributed by atoms with Crippen LogP contribution in [0.2, 0.25) is 5.02 Å². The predicted molar refractivity (Wildman–Crippen MR) is 116 cm³/mol. The summed E-state index contributed by atoms with van der Waals surface area (Å²) in [6, 6.07) is 17.5. The highest BCUT2D eigenvalue weighted by atomic mass is 35.5. The fourth-order valence-electron chi connectivity index (χ4n) is 2.68. The van der Waals surface area contributed by atoms with Gasteiger partial charge in [-0.25, -0.2) is 13.1 Å². The summed E-state index contributed by atoms with van der Waals surface area (Å²) in [5.74, 6) is -0.437. The van der Waals surface area contributed by atoms with E-state index in [-0.39, 0.29) is 18.0 Å². The number of para-hydroxylation sites is 1. The van der Waals surface area contributed by atoms with Crippen LogP contribution in [0.25, 0.3) is 0 Å². The van der Waals surface area contributed by atoms with E-state index in [4.69, 9.17) is 16.0 Å². The van der Waals surface area contributed by atoms with Gasteiger partial charge in [-0.2, -0.15) is 0 Å². The Morgan fingerprint density at radius 2 is 1.68 bits per heavy atom. The van der Waals surface area contributed by atoms with E-state index in [0.29, 0.717) is 16.5 Å². The number of anilines is 1. The highest BCUT2D eigenvalue weighted by Gasteiger charge is 2.22. The largest absolute Gasteiger partial charge is 0.467 e. The quantitative estimate of drug-likeness (QED) is 0.509. The number of sulfonamides is 1. The molecule has 0 aliphatic heterocycles. The van der Waals surface area contributed by atoms with E-state index in [1.165, 1.54) is 35.4 Å². The maximum Gasteiger partial charge on any atom is 0.242 e. The van der Waals surface area contributed by atoms with Gasteiger partial charge in [0.2, 0.25) is 21.8 Å². The van der Waals surface area contributed by atoms with Crippen LogP contribution in [0.1, 0.15) is 5.76 Å². The Morgan fingerprint density at radius 3 is 2.32 bits per heavy atom. The summed E-state index contributed by atoms with van der Waals surface area (Å²) in [7, 11) is -3.93. The lowest BCUT2D eigenvalue weighted by Gasteiger charge is -2.22. The van der Waals surface area contributed by atoms with Gasteiger partial charge in [-0.15, -0.1) is 0 Å². The van der Waals surface area contributed by atoms with Crippen LogP contribution in [0.3, 0.4) is 0 Å². The second kappa shape index (κ2) is 10.3. The number of rotatable bonds is 9. The second-order valence-corrected chi connectivity index (χ2v) is 8.65. The summed E-state index contributed by atoms with van der Waals surface area (Å²) >= 11 is 5.79. The molecule has 0 fully saturated rings. The van der Waals surface area contributed by atoms with E-state index >= 15 is 0 Å². The summed E-state index contributed by atoms with van der Waals surface area (Å²) < 4.78 is 32.3. The SMILES string of the molecule is O=C(CN(C(=O)CNS(=O)(=O)c1ccc(Cl)cc1)c1ccccc1)NCc1ccco1. The van der Waals surface area contributed by atoms with Crippen LogP contribution in [0, 0.1) is 0 Å². The zero-order chi connectivity index (χ0) is 22.3. The molecule has 2 N–H and O–H groups in total. The van der Waals surface area contributed by atoms with Crippen LogP contribution in [0.5, 0.6) is 0 Å². The lowest BCUT2D eigenvalue weighted by atomic mass is 10.2. The van der Waals surface area contributed by atoms with Gasteiger partial charge in [0.15, 0.2) is 0 Å². The smallest absolute Gasteiger partial charge is 0.242 e. The van der Waals surface area contributed by atoms with E-state index in [1.54, 1.807) is 42.5 Å². The zero-order valence-corrected chi connectivity index (χ0v) is 17.9. The third-order valence-electron chi connectivity index (χ3n) is 4.25. The fraction of sp³-hybridized carbons (Fsp3) is 0.143. The van der Waals surface area contributed by atoms with E-state index in [9.17, 15) is 18.0 Å². The van der Waals surface area contributed by atoms with Crippen molar-refractivity contribution in [3.05, 3.63) is 83.8 Å². The molecule has 2 amide bonds. The molecule has 162 valence electrons. The van der Waals surface area contributed by atoms with Crippen LogP contribution in [-0.4, -0.2) is 33.3 Å². The number of carbonyl (C=O) groups excluding carboxylic acids is 2. The Kier molecular flexibility index (Phi) is 7.45. The molecule has 1 heterocycles. The third-order valence-corrected chi connectivity index (χ3v) is 5.92. The summed E-state index contributed by atoms with van der Waals surface area (Å²) in [6.07, 6.45) is 1.49. The monoisotopic (exact) mass is 461 g/mol. The molecule has 1 aromatic heterocycles. The molecule has 0 aliphatic rings. The first-order chi connectivity index (χ1) is 14.8. The Morgan fingerprint density at radius 1 is 0.968 bits per heavy atom.